The summed E-state index contributed by atoms with van der Waals surface area (Å²) in [5.74, 6) is 0.958. The number of aryl methyl sites for hydroxylation is 2. The molecule has 5 rings (SSSR count). The molecule has 2 aromatic carbocycles. The Hall–Kier alpha value is -3.67. The van der Waals surface area contributed by atoms with E-state index < -0.39 is 0 Å². The molecule has 33 heavy (non-hydrogen) atoms. The fourth-order valence-corrected chi connectivity index (χ4v) is 4.58. The third kappa shape index (κ3) is 4.46. The molecule has 0 bridgehead atoms. The largest absolute Gasteiger partial charge is 0.364 e. The van der Waals surface area contributed by atoms with Crippen molar-refractivity contribution in [3.05, 3.63) is 88.6 Å². The molecule has 1 amide bonds. The van der Waals surface area contributed by atoms with Gasteiger partial charge in [0.2, 0.25) is 5.91 Å². The van der Waals surface area contributed by atoms with Crippen LogP contribution >= 0.6 is 0 Å². The van der Waals surface area contributed by atoms with E-state index in [-0.39, 0.29) is 11.9 Å². The monoisotopic (exact) mass is 439 g/mol. The predicted octanol–water partition coefficient (Wildman–Crippen LogP) is 5.09. The van der Waals surface area contributed by atoms with Gasteiger partial charge >= 0.3 is 0 Å². The van der Waals surface area contributed by atoms with E-state index in [4.69, 9.17) is 4.98 Å². The van der Waals surface area contributed by atoms with Crippen molar-refractivity contribution in [3.63, 3.8) is 0 Å². The highest BCUT2D eigenvalue weighted by Gasteiger charge is 2.31. The molecule has 6 nitrogen and oxygen atoms in total. The number of carbonyl (C=O) groups excluding carboxylic acids is 1. The molecule has 4 aromatic rings. The van der Waals surface area contributed by atoms with Crippen molar-refractivity contribution in [2.75, 3.05) is 11.9 Å². The normalized spacial score (nSPS) is 15.8. The molecule has 0 radical (unpaired) electrons. The zero-order valence-corrected chi connectivity index (χ0v) is 19.1. The Bertz CT molecular complexity index is 1280. The van der Waals surface area contributed by atoms with E-state index in [1.54, 1.807) is 0 Å². The average molecular weight is 440 g/mol. The average Bonchev–Trinajstić information content (AvgIpc) is 3.48. The molecule has 1 unspecified atom stereocenters. The number of fused-ring (bicyclic) bond motifs is 1. The van der Waals surface area contributed by atoms with Gasteiger partial charge in [-0.3, -0.25) is 9.89 Å². The number of hydrogen-bond acceptors (Lipinski definition) is 4. The maximum Gasteiger partial charge on any atom is 0.227 e. The first kappa shape index (κ1) is 21.2. The van der Waals surface area contributed by atoms with E-state index >= 15 is 0 Å². The molecule has 1 atom stereocenters. The van der Waals surface area contributed by atoms with Crippen molar-refractivity contribution >= 4 is 22.8 Å². The van der Waals surface area contributed by atoms with E-state index in [9.17, 15) is 4.79 Å². The Labute approximate surface area is 194 Å². The van der Waals surface area contributed by atoms with Crippen LogP contribution in [-0.4, -0.2) is 32.5 Å². The van der Waals surface area contributed by atoms with Gasteiger partial charge in [0, 0.05) is 13.1 Å². The lowest BCUT2D eigenvalue weighted by atomic mass is 10.0. The second-order valence-corrected chi connectivity index (χ2v) is 8.88. The quantitative estimate of drug-likeness (QED) is 0.439. The second-order valence-electron chi connectivity index (χ2n) is 8.88. The number of anilines is 1. The maximum atomic E-state index is 13.2. The summed E-state index contributed by atoms with van der Waals surface area (Å²) in [6.45, 7) is 5.67. The first-order valence-electron chi connectivity index (χ1n) is 11.6. The van der Waals surface area contributed by atoms with Crippen molar-refractivity contribution in [3.8, 4) is 0 Å². The molecule has 0 saturated carbocycles. The first-order chi connectivity index (χ1) is 16.1. The minimum absolute atomic E-state index is 0.0115. The molecule has 0 aliphatic carbocycles. The van der Waals surface area contributed by atoms with Crippen LogP contribution in [0.5, 0.6) is 0 Å². The fourth-order valence-electron chi connectivity index (χ4n) is 4.58. The Balaban J connectivity index is 1.31. The molecular formula is C27H29N5O. The number of pyridine rings is 1. The van der Waals surface area contributed by atoms with Crippen molar-refractivity contribution in [2.24, 2.45) is 0 Å². The number of nitrogens with zero attached hydrogens (tertiary/aromatic N) is 3. The van der Waals surface area contributed by atoms with Crippen LogP contribution < -0.4 is 5.32 Å². The minimum atomic E-state index is 0.0115. The third-order valence-electron chi connectivity index (χ3n) is 6.59. The molecule has 2 N–H and O–H groups in total. The van der Waals surface area contributed by atoms with E-state index in [0.717, 1.165) is 47.5 Å². The Morgan fingerprint density at radius 1 is 1.06 bits per heavy atom. The van der Waals surface area contributed by atoms with Crippen LogP contribution in [0.3, 0.4) is 0 Å². The Morgan fingerprint density at radius 3 is 2.73 bits per heavy atom. The van der Waals surface area contributed by atoms with E-state index in [1.807, 2.05) is 29.2 Å². The lowest BCUT2D eigenvalue weighted by Crippen LogP contribution is -2.32. The van der Waals surface area contributed by atoms with Gasteiger partial charge in [0.15, 0.2) is 11.5 Å². The van der Waals surface area contributed by atoms with Gasteiger partial charge in [-0.15, -0.1) is 0 Å². The van der Waals surface area contributed by atoms with Crippen molar-refractivity contribution < 1.29 is 4.79 Å². The highest BCUT2D eigenvalue weighted by atomic mass is 16.2. The molecule has 1 fully saturated rings. The molecule has 1 aliphatic heterocycles. The summed E-state index contributed by atoms with van der Waals surface area (Å²) in [5.41, 5.74) is 6.41. The van der Waals surface area contributed by atoms with Gasteiger partial charge in [0.1, 0.15) is 0 Å². The van der Waals surface area contributed by atoms with Crippen LogP contribution in [0, 0.1) is 13.8 Å². The number of nitrogens with one attached hydrogen (secondary N) is 2. The van der Waals surface area contributed by atoms with Crippen LogP contribution in [0.15, 0.2) is 60.7 Å². The Morgan fingerprint density at radius 2 is 1.91 bits per heavy atom. The number of H-pyrrole nitrogens is 1. The molecule has 1 saturated heterocycles. The van der Waals surface area contributed by atoms with Crippen LogP contribution in [0.1, 0.15) is 46.8 Å². The number of aromatic amines is 1. The standard InChI is InChI=1S/C27H29N5O/c1-18-10-11-21(15-19(18)2)16-25(33)32-14-6-9-24(32)23-13-12-22-26(30-31-27(22)29-23)28-17-20-7-4-3-5-8-20/h3-5,7-8,10-13,15,24H,6,9,14,16-17H2,1-2H3,(H2,28,29,30,31). The summed E-state index contributed by atoms with van der Waals surface area (Å²) >= 11 is 0. The van der Waals surface area contributed by atoms with E-state index in [0.29, 0.717) is 13.0 Å². The topological polar surface area (TPSA) is 73.9 Å². The smallest absolute Gasteiger partial charge is 0.227 e. The van der Waals surface area contributed by atoms with E-state index in [1.165, 1.54) is 16.7 Å². The molecule has 0 spiro atoms. The summed E-state index contributed by atoms with van der Waals surface area (Å²) in [4.78, 5) is 20.0. The SMILES string of the molecule is Cc1ccc(CC(=O)N2CCCC2c2ccc3c(NCc4ccccc4)n[nH]c3n2)cc1C. The highest BCUT2D eigenvalue weighted by Crippen LogP contribution is 2.33. The van der Waals surface area contributed by atoms with Gasteiger partial charge in [0.05, 0.1) is 23.5 Å². The minimum Gasteiger partial charge on any atom is -0.364 e. The van der Waals surface area contributed by atoms with Crippen LogP contribution in [0.2, 0.25) is 0 Å². The molecule has 3 heterocycles. The molecule has 1 aliphatic rings. The van der Waals surface area contributed by atoms with Crippen LogP contribution in [0.4, 0.5) is 5.82 Å². The van der Waals surface area contributed by atoms with Crippen LogP contribution in [-0.2, 0) is 17.8 Å². The highest BCUT2D eigenvalue weighted by molar-refractivity contribution is 5.87. The number of rotatable bonds is 6. The molecule has 2 aromatic heterocycles. The van der Waals surface area contributed by atoms with Gasteiger partial charge in [-0.05, 0) is 61.1 Å². The Kier molecular flexibility index (Phi) is 5.82. The summed E-state index contributed by atoms with van der Waals surface area (Å²) in [7, 11) is 0. The number of amides is 1. The molecule has 6 heteroatoms. The summed E-state index contributed by atoms with van der Waals surface area (Å²) in [5, 5.41) is 11.8. The van der Waals surface area contributed by atoms with Gasteiger partial charge < -0.3 is 10.2 Å². The lowest BCUT2D eigenvalue weighted by molar-refractivity contribution is -0.131. The van der Waals surface area contributed by atoms with Gasteiger partial charge in [-0.2, -0.15) is 5.10 Å². The molecule has 168 valence electrons. The number of hydrogen-bond donors (Lipinski definition) is 2. The van der Waals surface area contributed by atoms with Crippen molar-refractivity contribution in [1.82, 2.24) is 20.1 Å². The van der Waals surface area contributed by atoms with Gasteiger partial charge in [-0.1, -0.05) is 48.5 Å². The van der Waals surface area contributed by atoms with E-state index in [2.05, 4.69) is 65.8 Å². The number of likely N-dealkylation sites (tertiary alicyclic amines) is 1. The summed E-state index contributed by atoms with van der Waals surface area (Å²) < 4.78 is 0. The van der Waals surface area contributed by atoms with Crippen molar-refractivity contribution in [2.45, 2.75) is 45.7 Å². The summed E-state index contributed by atoms with van der Waals surface area (Å²) in [6, 6.07) is 20.6. The fraction of sp³-hybridized carbons (Fsp3) is 0.296. The van der Waals surface area contributed by atoms with Crippen molar-refractivity contribution in [1.29, 1.82) is 0 Å². The van der Waals surface area contributed by atoms with Gasteiger partial charge in [-0.25, -0.2) is 4.98 Å². The van der Waals surface area contributed by atoms with Gasteiger partial charge in [0.25, 0.3) is 0 Å². The zero-order valence-electron chi connectivity index (χ0n) is 19.1. The lowest BCUT2D eigenvalue weighted by Gasteiger charge is -2.24. The zero-order chi connectivity index (χ0) is 22.8. The van der Waals surface area contributed by atoms with Crippen LogP contribution in [0.25, 0.3) is 11.0 Å². The predicted molar refractivity (Wildman–Crippen MR) is 131 cm³/mol. The maximum absolute atomic E-state index is 13.2. The third-order valence-corrected chi connectivity index (χ3v) is 6.59. The number of benzene rings is 2. The molecular weight excluding hydrogens is 410 g/mol. The first-order valence-corrected chi connectivity index (χ1v) is 11.6. The number of aromatic nitrogens is 3. The summed E-state index contributed by atoms with van der Waals surface area (Å²) in [6.07, 6.45) is 2.36. The number of carbonyl (C=O) groups is 1. The second kappa shape index (κ2) is 9.06.